The van der Waals surface area contributed by atoms with Gasteiger partial charge in [-0.3, -0.25) is 4.79 Å². The largest absolute Gasteiger partial charge is 0.391 e. The Morgan fingerprint density at radius 1 is 1.07 bits per heavy atom. The van der Waals surface area contributed by atoms with E-state index in [1.54, 1.807) is 7.11 Å². The standard InChI is InChI=1S/C36H51NO4S2/c1-5-21-10-9-20-13-23-17-35(18-24(23)19-42-43-28-8-6-7-26(38)32(28)37-25(21)14-20)12-11-22-16-33(2)34(35,3)30(22)31-27(39)15-29(41-4)36(31,33)40/h9-10,14,22-24,26,28-32,37-38,40H,5-8,11-13,15-19H2,1-4H3. The summed E-state index contributed by atoms with van der Waals surface area (Å²) < 4.78 is 5.93. The van der Waals surface area contributed by atoms with Crippen LogP contribution < -0.4 is 5.32 Å². The molecule has 7 heteroatoms. The van der Waals surface area contributed by atoms with Crippen molar-refractivity contribution in [3.05, 3.63) is 29.3 Å². The first-order chi connectivity index (χ1) is 20.6. The number of Topliss-reactive ketones (excluding diaryl/α,β-unsaturated/α-hetero) is 1. The minimum Gasteiger partial charge on any atom is -0.391 e. The van der Waals surface area contributed by atoms with Crippen molar-refractivity contribution in [2.24, 2.45) is 45.8 Å². The molecule has 6 bridgehead atoms. The lowest BCUT2D eigenvalue weighted by Crippen LogP contribution is -2.58. The Bertz CT molecular complexity index is 1310. The molecule has 7 aliphatic rings. The first kappa shape index (κ1) is 29.7. The molecule has 1 aromatic rings. The monoisotopic (exact) mass is 625 g/mol. The van der Waals surface area contributed by atoms with Crippen molar-refractivity contribution >= 4 is 33.1 Å². The molecule has 0 saturated heterocycles. The van der Waals surface area contributed by atoms with Gasteiger partial charge in [0.2, 0.25) is 0 Å². The number of rotatable bonds is 2. The van der Waals surface area contributed by atoms with Crippen LogP contribution in [0.1, 0.15) is 89.7 Å². The van der Waals surface area contributed by atoms with Crippen molar-refractivity contribution < 1.29 is 19.7 Å². The number of ether oxygens (including phenoxy) is 1. The van der Waals surface area contributed by atoms with Crippen molar-refractivity contribution in [3.63, 3.8) is 0 Å². The third kappa shape index (κ3) is 3.75. The van der Waals surface area contributed by atoms with Gasteiger partial charge in [-0.05, 0) is 116 Å². The predicted octanol–water partition coefficient (Wildman–Crippen LogP) is 6.68. The molecule has 13 atom stereocenters. The van der Waals surface area contributed by atoms with E-state index in [1.165, 1.54) is 42.5 Å². The van der Waals surface area contributed by atoms with Gasteiger partial charge in [0.1, 0.15) is 11.4 Å². The van der Waals surface area contributed by atoms with Crippen molar-refractivity contribution in [1.29, 1.82) is 0 Å². The molecule has 1 aromatic carbocycles. The molecule has 0 radical (unpaired) electrons. The number of anilines is 1. The lowest BCUT2D eigenvalue weighted by Gasteiger charge is -2.57. The number of methoxy groups -OCH3 is 1. The average Bonchev–Trinajstić information content (AvgIpc) is 3.57. The lowest BCUT2D eigenvalue weighted by atomic mass is 9.48. The molecule has 1 aliphatic heterocycles. The van der Waals surface area contributed by atoms with E-state index in [9.17, 15) is 15.0 Å². The Kier molecular flexibility index (Phi) is 6.99. The van der Waals surface area contributed by atoms with Crippen molar-refractivity contribution in [2.45, 2.75) is 121 Å². The van der Waals surface area contributed by atoms with Gasteiger partial charge in [0.15, 0.2) is 0 Å². The van der Waals surface area contributed by atoms with Crippen LogP contribution in [0.2, 0.25) is 0 Å². The number of aliphatic hydroxyl groups excluding tert-OH is 1. The molecular weight excluding hydrogens is 575 g/mol. The Morgan fingerprint density at radius 2 is 1.88 bits per heavy atom. The van der Waals surface area contributed by atoms with E-state index in [2.05, 4.69) is 55.1 Å². The summed E-state index contributed by atoms with van der Waals surface area (Å²) in [4.78, 5) is 13.6. The van der Waals surface area contributed by atoms with Gasteiger partial charge in [-0.2, -0.15) is 0 Å². The molecular formula is C36H51NO4S2. The highest BCUT2D eigenvalue weighted by Crippen LogP contribution is 2.86. The van der Waals surface area contributed by atoms with E-state index in [-0.39, 0.29) is 52.1 Å². The summed E-state index contributed by atoms with van der Waals surface area (Å²) in [6.07, 6.45) is 10.8. The van der Waals surface area contributed by atoms with Crippen LogP contribution in [0.5, 0.6) is 0 Å². The molecule has 1 heterocycles. The number of carbonyl (C=O) groups excluding carboxylic acids is 1. The van der Waals surface area contributed by atoms with E-state index < -0.39 is 5.60 Å². The fraction of sp³-hybridized carbons (Fsp3) is 0.806. The fourth-order valence-corrected chi connectivity index (χ4v) is 16.4. The van der Waals surface area contributed by atoms with Gasteiger partial charge >= 0.3 is 0 Å². The van der Waals surface area contributed by atoms with Gasteiger partial charge in [0, 0.05) is 35.6 Å². The number of aliphatic hydroxyl groups is 2. The topological polar surface area (TPSA) is 78.8 Å². The lowest BCUT2D eigenvalue weighted by molar-refractivity contribution is -0.186. The number of benzene rings is 1. The van der Waals surface area contributed by atoms with E-state index >= 15 is 0 Å². The number of fused-ring (bicyclic) bond motifs is 6. The molecule has 0 aromatic heterocycles. The minimum atomic E-state index is -1.05. The van der Waals surface area contributed by atoms with Gasteiger partial charge in [-0.1, -0.05) is 54.5 Å². The van der Waals surface area contributed by atoms with Gasteiger partial charge < -0.3 is 20.3 Å². The Labute approximate surface area is 265 Å². The molecule has 1 spiro atoms. The molecule has 5 nitrogen and oxygen atoms in total. The Hall–Kier alpha value is -0.730. The first-order valence-corrected chi connectivity index (χ1v) is 19.6. The average molecular weight is 626 g/mol. The zero-order valence-corrected chi connectivity index (χ0v) is 28.1. The highest BCUT2D eigenvalue weighted by molar-refractivity contribution is 8.77. The zero-order valence-electron chi connectivity index (χ0n) is 26.4. The van der Waals surface area contributed by atoms with Crippen LogP contribution in [-0.2, 0) is 22.4 Å². The van der Waals surface area contributed by atoms with Crippen LogP contribution in [0.3, 0.4) is 0 Å². The maximum absolute atomic E-state index is 13.6. The highest BCUT2D eigenvalue weighted by atomic mass is 33.1. The Balaban J connectivity index is 1.17. The third-order valence-corrected chi connectivity index (χ3v) is 18.0. The van der Waals surface area contributed by atoms with Crippen LogP contribution in [0, 0.1) is 45.8 Å². The van der Waals surface area contributed by atoms with Gasteiger partial charge in [-0.25, -0.2) is 0 Å². The van der Waals surface area contributed by atoms with Crippen molar-refractivity contribution in [3.8, 4) is 0 Å². The maximum Gasteiger partial charge on any atom is 0.141 e. The normalized spacial score (nSPS) is 51.8. The summed E-state index contributed by atoms with van der Waals surface area (Å²) in [5, 5.41) is 28.0. The van der Waals surface area contributed by atoms with Crippen LogP contribution in [-0.4, -0.2) is 58.0 Å². The second-order valence-electron chi connectivity index (χ2n) is 16.1. The number of aryl methyl sites for hydroxylation is 1. The van der Waals surface area contributed by atoms with Crippen molar-refractivity contribution in [1.82, 2.24) is 0 Å². The van der Waals surface area contributed by atoms with E-state index in [1.807, 2.05) is 10.8 Å². The first-order valence-electron chi connectivity index (χ1n) is 17.2. The van der Waals surface area contributed by atoms with Gasteiger partial charge in [0.05, 0.1) is 24.2 Å². The predicted molar refractivity (Wildman–Crippen MR) is 175 cm³/mol. The molecule has 3 N–H and O–H groups in total. The summed E-state index contributed by atoms with van der Waals surface area (Å²) in [5.41, 5.74) is 2.71. The van der Waals surface area contributed by atoms with E-state index in [0.29, 0.717) is 29.4 Å². The Morgan fingerprint density at radius 3 is 2.67 bits per heavy atom. The molecule has 8 rings (SSSR count). The molecule has 6 fully saturated rings. The SMILES string of the molecule is CCc1ccc2cc1NC1C(O)CCCC1SSCC1CC3(CCC4CC5(C)C6(O)C(OC)CC(=O)C6C4C35C)CC1C2. The molecule has 0 amide bonds. The summed E-state index contributed by atoms with van der Waals surface area (Å²) in [6, 6.07) is 7.19. The van der Waals surface area contributed by atoms with Crippen LogP contribution in [0.4, 0.5) is 5.69 Å². The van der Waals surface area contributed by atoms with Crippen LogP contribution in [0.25, 0.3) is 0 Å². The quantitative estimate of drug-likeness (QED) is 0.316. The summed E-state index contributed by atoms with van der Waals surface area (Å²) >= 11 is 0. The fourth-order valence-electron chi connectivity index (χ4n) is 13.0. The minimum absolute atomic E-state index is 0.0642. The second kappa shape index (κ2) is 10.1. The number of carbonyl (C=O) groups is 1. The van der Waals surface area contributed by atoms with Crippen LogP contribution in [0.15, 0.2) is 18.2 Å². The smallest absolute Gasteiger partial charge is 0.141 e. The number of hydrogen-bond donors (Lipinski definition) is 3. The second-order valence-corrected chi connectivity index (χ2v) is 18.8. The van der Waals surface area contributed by atoms with E-state index in [0.717, 1.165) is 44.3 Å². The molecule has 236 valence electrons. The summed E-state index contributed by atoms with van der Waals surface area (Å²) in [7, 11) is 5.78. The molecule has 43 heavy (non-hydrogen) atoms. The van der Waals surface area contributed by atoms with Crippen LogP contribution >= 0.6 is 21.6 Å². The molecule has 6 saturated carbocycles. The summed E-state index contributed by atoms with van der Waals surface area (Å²) in [5.74, 6) is 3.18. The number of ketones is 1. The van der Waals surface area contributed by atoms with Gasteiger partial charge in [0.25, 0.3) is 0 Å². The zero-order chi connectivity index (χ0) is 29.9. The molecule has 6 aliphatic carbocycles. The number of nitrogens with one attached hydrogen (secondary N) is 1. The van der Waals surface area contributed by atoms with Gasteiger partial charge in [-0.15, -0.1) is 0 Å². The van der Waals surface area contributed by atoms with E-state index in [4.69, 9.17) is 4.74 Å². The summed E-state index contributed by atoms with van der Waals surface area (Å²) in [6.45, 7) is 7.12. The number of hydrogen-bond acceptors (Lipinski definition) is 7. The van der Waals surface area contributed by atoms with Crippen molar-refractivity contribution in [2.75, 3.05) is 18.2 Å². The maximum atomic E-state index is 13.6. The highest BCUT2D eigenvalue weighted by Gasteiger charge is 2.87. The third-order valence-electron chi connectivity index (χ3n) is 14.9. The molecule has 13 unspecified atom stereocenters.